The summed E-state index contributed by atoms with van der Waals surface area (Å²) in [6.45, 7) is 23.1. The molecule has 7 amide bonds. The van der Waals surface area contributed by atoms with Gasteiger partial charge in [0.25, 0.3) is 0 Å². The maximum absolute atomic E-state index is 13.3. The Labute approximate surface area is 709 Å². The minimum absolute atomic E-state index is 0.0290. The third kappa shape index (κ3) is 74.9. The zero-order chi connectivity index (χ0) is 85.5. The zero-order valence-electron chi connectivity index (χ0n) is 71.4. The van der Waals surface area contributed by atoms with Crippen molar-refractivity contribution in [1.82, 2.24) is 31.5 Å². The van der Waals surface area contributed by atoms with E-state index in [-0.39, 0.29) is 125 Å². The maximum Gasteiger partial charge on any atom is 0.242 e. The number of carbonyl (C=O) groups is 7. The fraction of sp³-hybridized carbons (Fsp3) is 0.911. The van der Waals surface area contributed by atoms with Gasteiger partial charge in [0, 0.05) is 101 Å². The van der Waals surface area contributed by atoms with Crippen LogP contribution in [0.25, 0.3) is 0 Å². The highest BCUT2D eigenvalue weighted by Gasteiger charge is 2.31. The van der Waals surface area contributed by atoms with E-state index in [0.717, 1.165) is 42.9 Å². The van der Waals surface area contributed by atoms with Crippen LogP contribution in [-0.2, 0) is 147 Å². The van der Waals surface area contributed by atoms with Gasteiger partial charge in [-0.15, -0.1) is 0 Å². The molecule has 698 valence electrons. The quantitative estimate of drug-likeness (QED) is 0.0300. The van der Waals surface area contributed by atoms with Crippen molar-refractivity contribution in [3.8, 4) is 0 Å². The normalized spacial score (nSPS) is 15.1. The molecule has 4 atom stereocenters. The minimum atomic E-state index is -0.819. The first kappa shape index (κ1) is 111. The smallest absolute Gasteiger partial charge is 0.242 e. The van der Waals surface area contributed by atoms with Gasteiger partial charge in [0.2, 0.25) is 41.4 Å². The number of nitrogens with one attached hydrogen (secondary N) is 5. The van der Waals surface area contributed by atoms with Crippen molar-refractivity contribution in [2.75, 3.05) is 356 Å². The van der Waals surface area contributed by atoms with Gasteiger partial charge in [-0.1, -0.05) is 13.3 Å². The SMILES string of the molecule is CCCOCCOCCOCCOCCOCCOCCNC(=O)C(CCCCNC(=O)CCOCCOCCOCCOCCOCCOCCOCCOCCOCCOCCOCCOCCNC(=O)CCCCC1SCC(N)C1N)NC(=O)CCOCCOCCOCCOCCOCCOCCNC(=O)CCN1C(=O)CCC1=O. The van der Waals surface area contributed by atoms with Crippen molar-refractivity contribution in [3.05, 3.63) is 0 Å². The van der Waals surface area contributed by atoms with Crippen LogP contribution in [0.3, 0.4) is 0 Å². The van der Waals surface area contributed by atoms with Crippen LogP contribution in [0.4, 0.5) is 0 Å². The molecular weight excluding hydrogens is 1590 g/mol. The number of hydrogen-bond acceptors (Lipinski definition) is 34. The number of unbranched alkanes of at least 4 members (excludes halogenated alkanes) is 2. The molecule has 0 aromatic heterocycles. The first-order valence-corrected chi connectivity index (χ1v) is 43.7. The predicted octanol–water partition coefficient (Wildman–Crippen LogP) is -0.436. The highest BCUT2D eigenvalue weighted by atomic mass is 32.2. The largest absolute Gasteiger partial charge is 0.379 e. The molecule has 0 bridgehead atoms. The van der Waals surface area contributed by atoms with E-state index in [2.05, 4.69) is 33.5 Å². The monoisotopic (exact) mass is 1740 g/mol. The predicted molar refractivity (Wildman–Crippen MR) is 438 cm³/mol. The van der Waals surface area contributed by atoms with Gasteiger partial charge in [-0.2, -0.15) is 11.8 Å². The van der Waals surface area contributed by atoms with Gasteiger partial charge >= 0.3 is 0 Å². The molecule has 9 N–H and O–H groups in total. The number of carbonyl (C=O) groups excluding carboxylic acids is 7. The van der Waals surface area contributed by atoms with Gasteiger partial charge in [0.1, 0.15) is 6.04 Å². The van der Waals surface area contributed by atoms with Crippen LogP contribution in [0.5, 0.6) is 0 Å². The van der Waals surface area contributed by atoms with Crippen LogP contribution in [0.15, 0.2) is 0 Å². The van der Waals surface area contributed by atoms with Gasteiger partial charge < -0.3 is 152 Å². The lowest BCUT2D eigenvalue weighted by molar-refractivity contribution is -0.139. The Hall–Kier alpha value is -4.20. The standard InChI is InChI=1S/C79H150N8O31S/c1-2-20-95-26-32-101-38-44-107-50-53-112-49-43-106-37-31-100-25-18-85-79(94)70(86-75(91)14-22-97-28-34-103-40-46-109-51-54-110-48-42-105-36-30-99-24-17-84-73(89)12-19-87-76(92)10-11-77(87)93)7-5-6-15-82-74(90)13-21-96-27-33-102-39-45-108-52-56-113-58-60-115-62-64-117-66-67-118-65-63-116-61-59-114-57-55-111-47-41-104-35-29-98-23-16-83-72(88)9-4-3-8-71-78(81)69(80)68-119-71/h69-71,78H,2-68,80-81H2,1H3,(H,82,90)(H,83,88)(H,84,89)(H,85,94)(H,86,91). The molecule has 2 aliphatic rings. The summed E-state index contributed by atoms with van der Waals surface area (Å²) in [5.41, 5.74) is 12.1. The van der Waals surface area contributed by atoms with E-state index in [1.54, 1.807) is 0 Å². The van der Waals surface area contributed by atoms with E-state index >= 15 is 0 Å². The van der Waals surface area contributed by atoms with Gasteiger partial charge in [-0.05, 0) is 38.5 Å². The molecule has 0 aliphatic carbocycles. The Kier molecular flexibility index (Phi) is 81.3. The lowest BCUT2D eigenvalue weighted by Gasteiger charge is -2.19. The van der Waals surface area contributed by atoms with Crippen LogP contribution in [0.1, 0.15) is 90.4 Å². The summed E-state index contributed by atoms with van der Waals surface area (Å²) >= 11 is 1.84. The molecule has 0 radical (unpaired) electrons. The number of amides is 7. The summed E-state index contributed by atoms with van der Waals surface area (Å²) in [6.07, 6.45) is 6.43. The van der Waals surface area contributed by atoms with Crippen molar-refractivity contribution in [2.24, 2.45) is 11.5 Å². The lowest BCUT2D eigenvalue weighted by atomic mass is 10.0. The second kappa shape index (κ2) is 87.3. The summed E-state index contributed by atoms with van der Waals surface area (Å²) in [5.74, 6) is -0.652. The summed E-state index contributed by atoms with van der Waals surface area (Å²) in [4.78, 5) is 87.3. The molecule has 2 aliphatic heterocycles. The van der Waals surface area contributed by atoms with Gasteiger partial charge in [-0.3, -0.25) is 38.5 Å². The van der Waals surface area contributed by atoms with Crippen LogP contribution in [-0.4, -0.2) is 425 Å². The molecular formula is C79H150N8O31S. The van der Waals surface area contributed by atoms with E-state index in [0.29, 0.717) is 335 Å². The first-order valence-electron chi connectivity index (χ1n) is 42.7. The first-order chi connectivity index (χ1) is 58.5. The molecule has 39 nitrogen and oxygen atoms in total. The summed E-state index contributed by atoms with van der Waals surface area (Å²) in [7, 11) is 0. The van der Waals surface area contributed by atoms with Crippen LogP contribution < -0.4 is 38.1 Å². The Morgan fingerprint density at radius 2 is 0.605 bits per heavy atom. The van der Waals surface area contributed by atoms with Crippen molar-refractivity contribution in [3.63, 3.8) is 0 Å². The number of imide groups is 1. The Bertz CT molecular complexity index is 2340. The highest BCUT2D eigenvalue weighted by Crippen LogP contribution is 2.29. The molecule has 2 fully saturated rings. The Morgan fingerprint density at radius 3 is 0.924 bits per heavy atom. The molecule has 4 unspecified atom stereocenters. The Balaban J connectivity index is 1.38. The topological polar surface area (TPSA) is 456 Å². The summed E-state index contributed by atoms with van der Waals surface area (Å²) in [6, 6.07) is -0.688. The lowest BCUT2D eigenvalue weighted by Crippen LogP contribution is -2.47. The molecule has 2 rings (SSSR count). The van der Waals surface area contributed by atoms with Gasteiger partial charge in [-0.25, -0.2) is 0 Å². The van der Waals surface area contributed by atoms with Crippen molar-refractivity contribution in [2.45, 2.75) is 114 Å². The molecule has 119 heavy (non-hydrogen) atoms. The van der Waals surface area contributed by atoms with E-state index in [9.17, 15) is 33.6 Å². The number of hydrogen-bond donors (Lipinski definition) is 7. The average molecular weight is 1740 g/mol. The third-order valence-electron chi connectivity index (χ3n) is 17.0. The number of nitrogens with two attached hydrogens (primary N) is 2. The molecule has 0 spiro atoms. The third-order valence-corrected chi connectivity index (χ3v) is 18.5. The fourth-order valence-corrected chi connectivity index (χ4v) is 12.0. The van der Waals surface area contributed by atoms with Gasteiger partial charge in [0.15, 0.2) is 0 Å². The van der Waals surface area contributed by atoms with Crippen molar-refractivity contribution in [1.29, 1.82) is 0 Å². The molecule has 2 heterocycles. The minimum Gasteiger partial charge on any atom is -0.379 e. The van der Waals surface area contributed by atoms with E-state index in [4.69, 9.17) is 125 Å². The second-order valence-electron chi connectivity index (χ2n) is 26.7. The summed E-state index contributed by atoms with van der Waals surface area (Å²) in [5, 5.41) is 14.6. The number of ether oxygens (including phenoxy) is 24. The highest BCUT2D eigenvalue weighted by molar-refractivity contribution is 8.00. The van der Waals surface area contributed by atoms with E-state index in [1.807, 2.05) is 11.8 Å². The van der Waals surface area contributed by atoms with Crippen molar-refractivity contribution < 1.29 is 147 Å². The van der Waals surface area contributed by atoms with Gasteiger partial charge in [0.05, 0.1) is 311 Å². The maximum atomic E-state index is 13.3. The van der Waals surface area contributed by atoms with Crippen molar-refractivity contribution >= 4 is 53.1 Å². The zero-order valence-corrected chi connectivity index (χ0v) is 72.2. The number of rotatable bonds is 95. The fourth-order valence-electron chi connectivity index (χ4n) is 10.5. The molecule has 0 aromatic carbocycles. The molecule has 2 saturated heterocycles. The molecule has 40 heteroatoms. The summed E-state index contributed by atoms with van der Waals surface area (Å²) < 4.78 is 133. The number of thioether (sulfide) groups is 1. The molecule has 0 aromatic rings. The van der Waals surface area contributed by atoms with Crippen LogP contribution in [0.2, 0.25) is 0 Å². The van der Waals surface area contributed by atoms with E-state index < -0.39 is 6.04 Å². The molecule has 0 saturated carbocycles. The Morgan fingerprint density at radius 1 is 0.328 bits per heavy atom. The van der Waals surface area contributed by atoms with E-state index in [1.165, 1.54) is 0 Å². The number of nitrogens with zero attached hydrogens (tertiary/aromatic N) is 1. The van der Waals surface area contributed by atoms with Crippen LogP contribution >= 0.6 is 11.8 Å². The number of likely N-dealkylation sites (tertiary alicyclic amines) is 1. The average Bonchev–Trinajstić information content (AvgIpc) is 1.74. The van der Waals surface area contributed by atoms with Crippen LogP contribution in [0, 0.1) is 0 Å². The second-order valence-corrected chi connectivity index (χ2v) is 28.0.